The molecule has 0 spiro atoms. The molecule has 2 heteroatoms. The minimum Gasteiger partial charge on any atom is -0.373 e. The predicted molar refractivity (Wildman–Crippen MR) is 82.8 cm³/mol. The van der Waals surface area contributed by atoms with E-state index in [0.29, 0.717) is 24.0 Å². The fourth-order valence-electron chi connectivity index (χ4n) is 4.39. The molecule has 0 radical (unpaired) electrons. The Hall–Kier alpha value is -1.41. The molecule has 1 saturated carbocycles. The first kappa shape index (κ1) is 13.3. The molecule has 1 saturated heterocycles. The Labute approximate surface area is 126 Å². The summed E-state index contributed by atoms with van der Waals surface area (Å²) in [5, 5.41) is 0. The molecule has 2 aliphatic carbocycles. The van der Waals surface area contributed by atoms with Crippen LogP contribution >= 0.6 is 0 Å². The topological polar surface area (TPSA) is 26.3 Å². The predicted octanol–water partition coefficient (Wildman–Crippen LogP) is 4.01. The summed E-state index contributed by atoms with van der Waals surface area (Å²) in [5.74, 6) is 1.30. The summed E-state index contributed by atoms with van der Waals surface area (Å²) in [7, 11) is 0. The third kappa shape index (κ3) is 2.26. The number of carbonyl (C=O) groups excluding carboxylic acids is 1. The highest BCUT2D eigenvalue weighted by atomic mass is 16.5. The summed E-state index contributed by atoms with van der Waals surface area (Å²) in [6, 6.07) is 10.2. The molecule has 4 rings (SSSR count). The number of allylic oxidation sites excluding steroid dienone is 1. The van der Waals surface area contributed by atoms with Crippen LogP contribution in [0.1, 0.15) is 44.1 Å². The van der Waals surface area contributed by atoms with Crippen LogP contribution in [0, 0.1) is 11.8 Å². The Bertz CT molecular complexity index is 566. The van der Waals surface area contributed by atoms with E-state index in [4.69, 9.17) is 4.74 Å². The molecule has 0 aromatic heterocycles. The number of Topliss-reactive ketones (excluding diaryl/α,β-unsaturated/α-hetero) is 1. The molecule has 1 aliphatic heterocycles. The van der Waals surface area contributed by atoms with E-state index in [1.807, 2.05) is 18.2 Å². The number of hydrogen-bond acceptors (Lipinski definition) is 2. The lowest BCUT2D eigenvalue weighted by molar-refractivity contribution is -0.114. The summed E-state index contributed by atoms with van der Waals surface area (Å²) >= 11 is 0. The standard InChI is InChI=1S/C19H22O2/c20-16-11-15-12-21-19(14-9-5-2-6-10-14)18(15)17(16)13-7-3-1-4-8-13/h1,3-4,7-8,14-15,19H,2,5-6,9-12H2/t15-,19+/m0/s1. The van der Waals surface area contributed by atoms with Crippen LogP contribution in [0.4, 0.5) is 0 Å². The number of ketones is 1. The Kier molecular flexibility index (Phi) is 3.42. The Balaban J connectivity index is 1.74. The largest absolute Gasteiger partial charge is 0.373 e. The third-order valence-electron chi connectivity index (χ3n) is 5.36. The van der Waals surface area contributed by atoms with Gasteiger partial charge >= 0.3 is 0 Å². The molecule has 21 heavy (non-hydrogen) atoms. The van der Waals surface area contributed by atoms with Gasteiger partial charge in [-0.2, -0.15) is 0 Å². The molecule has 3 aliphatic rings. The zero-order chi connectivity index (χ0) is 14.2. The van der Waals surface area contributed by atoms with Crippen LogP contribution in [-0.2, 0) is 9.53 Å². The van der Waals surface area contributed by atoms with Gasteiger partial charge in [-0.3, -0.25) is 4.79 Å². The van der Waals surface area contributed by atoms with Crippen molar-refractivity contribution in [2.24, 2.45) is 11.8 Å². The Morgan fingerprint density at radius 3 is 2.52 bits per heavy atom. The SMILES string of the molecule is O=C1C[C@H]2CO[C@H](C3CCCCC3)C2=C1c1ccccc1. The molecule has 0 amide bonds. The zero-order valence-electron chi connectivity index (χ0n) is 12.4. The van der Waals surface area contributed by atoms with Crippen LogP contribution in [0.2, 0.25) is 0 Å². The number of rotatable bonds is 2. The van der Waals surface area contributed by atoms with E-state index in [1.54, 1.807) is 0 Å². The molecular weight excluding hydrogens is 260 g/mol. The second kappa shape index (κ2) is 5.42. The molecule has 2 fully saturated rings. The first-order valence-electron chi connectivity index (χ1n) is 8.29. The van der Waals surface area contributed by atoms with Crippen LogP contribution in [0.25, 0.3) is 5.57 Å². The van der Waals surface area contributed by atoms with Gasteiger partial charge in [0.1, 0.15) is 0 Å². The van der Waals surface area contributed by atoms with E-state index in [2.05, 4.69) is 12.1 Å². The first-order chi connectivity index (χ1) is 10.3. The van der Waals surface area contributed by atoms with E-state index < -0.39 is 0 Å². The lowest BCUT2D eigenvalue weighted by Crippen LogP contribution is -2.24. The van der Waals surface area contributed by atoms with E-state index in [9.17, 15) is 4.79 Å². The van der Waals surface area contributed by atoms with E-state index >= 15 is 0 Å². The minimum atomic E-state index is 0.206. The van der Waals surface area contributed by atoms with Gasteiger partial charge in [0, 0.05) is 17.9 Å². The van der Waals surface area contributed by atoms with Crippen molar-refractivity contribution >= 4 is 11.4 Å². The fourth-order valence-corrected chi connectivity index (χ4v) is 4.39. The summed E-state index contributed by atoms with van der Waals surface area (Å²) in [5.41, 5.74) is 3.40. The minimum absolute atomic E-state index is 0.206. The van der Waals surface area contributed by atoms with Crippen LogP contribution in [0.15, 0.2) is 35.9 Å². The quantitative estimate of drug-likeness (QED) is 0.819. The maximum absolute atomic E-state index is 12.5. The van der Waals surface area contributed by atoms with Gasteiger partial charge in [0.05, 0.1) is 12.7 Å². The number of carbonyl (C=O) groups is 1. The van der Waals surface area contributed by atoms with Crippen molar-refractivity contribution in [3.8, 4) is 0 Å². The molecule has 0 bridgehead atoms. The zero-order valence-corrected chi connectivity index (χ0v) is 12.4. The van der Waals surface area contributed by atoms with Crippen molar-refractivity contribution in [1.82, 2.24) is 0 Å². The molecule has 2 nitrogen and oxygen atoms in total. The van der Waals surface area contributed by atoms with Crippen LogP contribution in [-0.4, -0.2) is 18.5 Å². The van der Waals surface area contributed by atoms with E-state index in [1.165, 1.54) is 37.7 Å². The molecular formula is C19H22O2. The third-order valence-corrected chi connectivity index (χ3v) is 5.36. The van der Waals surface area contributed by atoms with Gasteiger partial charge in [-0.05, 0) is 29.9 Å². The van der Waals surface area contributed by atoms with Gasteiger partial charge in [0.25, 0.3) is 0 Å². The molecule has 1 aromatic carbocycles. The van der Waals surface area contributed by atoms with Gasteiger partial charge in [0.15, 0.2) is 5.78 Å². The monoisotopic (exact) mass is 282 g/mol. The Morgan fingerprint density at radius 2 is 1.76 bits per heavy atom. The number of ether oxygens (including phenoxy) is 1. The summed E-state index contributed by atoms with van der Waals surface area (Å²) in [4.78, 5) is 12.5. The number of hydrogen-bond donors (Lipinski definition) is 0. The second-order valence-electron chi connectivity index (χ2n) is 6.67. The van der Waals surface area contributed by atoms with Crippen molar-refractivity contribution in [1.29, 1.82) is 0 Å². The van der Waals surface area contributed by atoms with Crippen molar-refractivity contribution in [2.45, 2.75) is 44.6 Å². The van der Waals surface area contributed by atoms with Crippen LogP contribution in [0.5, 0.6) is 0 Å². The molecule has 1 heterocycles. The maximum Gasteiger partial charge on any atom is 0.164 e. The van der Waals surface area contributed by atoms with Gasteiger partial charge in [-0.1, -0.05) is 49.6 Å². The van der Waals surface area contributed by atoms with Crippen molar-refractivity contribution in [3.63, 3.8) is 0 Å². The van der Waals surface area contributed by atoms with Crippen molar-refractivity contribution in [2.75, 3.05) is 6.61 Å². The average Bonchev–Trinajstić information content (AvgIpc) is 3.07. The molecule has 0 unspecified atom stereocenters. The van der Waals surface area contributed by atoms with Gasteiger partial charge in [-0.25, -0.2) is 0 Å². The van der Waals surface area contributed by atoms with Crippen LogP contribution < -0.4 is 0 Å². The van der Waals surface area contributed by atoms with Crippen LogP contribution in [0.3, 0.4) is 0 Å². The number of fused-ring (bicyclic) bond motifs is 1. The highest BCUT2D eigenvalue weighted by molar-refractivity contribution is 6.24. The van der Waals surface area contributed by atoms with Gasteiger partial charge < -0.3 is 4.74 Å². The van der Waals surface area contributed by atoms with Gasteiger partial charge in [0.2, 0.25) is 0 Å². The lowest BCUT2D eigenvalue weighted by atomic mass is 9.80. The van der Waals surface area contributed by atoms with Crippen molar-refractivity contribution < 1.29 is 9.53 Å². The van der Waals surface area contributed by atoms with Crippen molar-refractivity contribution in [3.05, 3.63) is 41.5 Å². The summed E-state index contributed by atoms with van der Waals surface area (Å²) < 4.78 is 6.15. The van der Waals surface area contributed by atoms with Gasteiger partial charge in [-0.15, -0.1) is 0 Å². The second-order valence-corrected chi connectivity index (χ2v) is 6.67. The summed E-state index contributed by atoms with van der Waals surface area (Å²) in [6.45, 7) is 0.749. The molecule has 1 aromatic rings. The first-order valence-corrected chi connectivity index (χ1v) is 8.29. The highest BCUT2D eigenvalue weighted by Gasteiger charge is 2.44. The highest BCUT2D eigenvalue weighted by Crippen LogP contribution is 2.47. The number of benzene rings is 1. The van der Waals surface area contributed by atoms with E-state index in [0.717, 1.165) is 17.7 Å². The Morgan fingerprint density at radius 1 is 1.00 bits per heavy atom. The average molecular weight is 282 g/mol. The maximum atomic E-state index is 12.5. The lowest BCUT2D eigenvalue weighted by Gasteiger charge is -2.28. The molecule has 2 atom stereocenters. The van der Waals surface area contributed by atoms with E-state index in [-0.39, 0.29) is 6.10 Å². The fraction of sp³-hybridized carbons (Fsp3) is 0.526. The normalized spacial score (nSPS) is 30.0. The summed E-state index contributed by atoms with van der Waals surface area (Å²) in [6.07, 6.45) is 7.37. The molecule has 0 N–H and O–H groups in total. The smallest absolute Gasteiger partial charge is 0.164 e. The molecule has 110 valence electrons.